The van der Waals surface area contributed by atoms with Gasteiger partial charge in [-0.15, -0.1) is 0 Å². The molecule has 0 bridgehead atoms. The molecule has 0 spiro atoms. The van der Waals surface area contributed by atoms with E-state index >= 15 is 0 Å². The van der Waals surface area contributed by atoms with Crippen molar-refractivity contribution in [1.29, 1.82) is 0 Å². The molecule has 3 rings (SSSR count). The highest BCUT2D eigenvalue weighted by atomic mass is 32.2. The van der Waals surface area contributed by atoms with Crippen LogP contribution in [0.4, 0.5) is 5.69 Å². The van der Waals surface area contributed by atoms with E-state index in [1.807, 2.05) is 70.2 Å². The number of hydrogen-bond acceptors (Lipinski definition) is 4. The Balaban J connectivity index is 2.04. The molecule has 3 aromatic rings. The molecule has 1 atom stereocenters. The summed E-state index contributed by atoms with van der Waals surface area (Å²) in [4.78, 5) is 29.0. The van der Waals surface area contributed by atoms with Crippen LogP contribution in [0, 0.1) is 12.8 Å². The lowest BCUT2D eigenvalue weighted by Crippen LogP contribution is -2.52. The number of rotatable bonds is 13. The van der Waals surface area contributed by atoms with Crippen molar-refractivity contribution in [3.63, 3.8) is 0 Å². The molecule has 41 heavy (non-hydrogen) atoms. The van der Waals surface area contributed by atoms with Crippen molar-refractivity contribution in [3.05, 3.63) is 95.6 Å². The van der Waals surface area contributed by atoms with Crippen molar-refractivity contribution in [2.24, 2.45) is 5.92 Å². The van der Waals surface area contributed by atoms with Gasteiger partial charge in [-0.05, 0) is 60.6 Å². The van der Waals surface area contributed by atoms with Gasteiger partial charge in [-0.2, -0.15) is 0 Å². The molecule has 0 heterocycles. The maximum atomic E-state index is 14.1. The van der Waals surface area contributed by atoms with Gasteiger partial charge in [0.05, 0.1) is 10.6 Å². The highest BCUT2D eigenvalue weighted by molar-refractivity contribution is 7.92. The fourth-order valence-electron chi connectivity index (χ4n) is 4.51. The van der Waals surface area contributed by atoms with Gasteiger partial charge in [-0.1, -0.05) is 94.8 Å². The Bertz CT molecular complexity index is 1390. The van der Waals surface area contributed by atoms with Crippen LogP contribution < -0.4 is 9.62 Å². The normalized spacial score (nSPS) is 12.3. The molecule has 0 saturated heterocycles. The van der Waals surface area contributed by atoms with Crippen molar-refractivity contribution < 1.29 is 18.0 Å². The maximum absolute atomic E-state index is 14.1. The number of nitrogens with one attached hydrogen (secondary N) is 1. The summed E-state index contributed by atoms with van der Waals surface area (Å²) in [5.74, 6) is -0.189. The molecule has 0 fully saturated rings. The number of carbonyl (C=O) groups excluding carboxylic acids is 2. The van der Waals surface area contributed by atoms with Gasteiger partial charge in [-0.25, -0.2) is 8.42 Å². The SMILES string of the molecule is CC[C@@H](C(=O)NCC(C)C)N(Cc1ccccc1)C(=O)CN(c1ccc(C(C)C)cc1)S(=O)(=O)c1ccc(C)cc1. The molecule has 0 aliphatic heterocycles. The van der Waals surface area contributed by atoms with E-state index in [0.29, 0.717) is 18.7 Å². The minimum absolute atomic E-state index is 0.0974. The summed E-state index contributed by atoms with van der Waals surface area (Å²) in [7, 11) is -4.09. The summed E-state index contributed by atoms with van der Waals surface area (Å²) in [6, 6.07) is 22.5. The maximum Gasteiger partial charge on any atom is 0.264 e. The lowest BCUT2D eigenvalue weighted by atomic mass is 10.0. The van der Waals surface area contributed by atoms with Gasteiger partial charge in [0, 0.05) is 13.1 Å². The molecule has 7 nitrogen and oxygen atoms in total. The minimum atomic E-state index is -4.09. The molecule has 220 valence electrons. The van der Waals surface area contributed by atoms with Crippen molar-refractivity contribution in [2.75, 3.05) is 17.4 Å². The summed E-state index contributed by atoms with van der Waals surface area (Å²) in [6.07, 6.45) is 0.385. The molecular weight excluding hydrogens is 534 g/mol. The number of aryl methyl sites for hydroxylation is 1. The van der Waals surface area contributed by atoms with E-state index in [1.165, 1.54) is 4.90 Å². The fraction of sp³-hybridized carbons (Fsp3) is 0.394. The molecular formula is C33H43N3O4S. The Morgan fingerprint density at radius 1 is 0.854 bits per heavy atom. The van der Waals surface area contributed by atoms with E-state index in [4.69, 9.17) is 0 Å². The van der Waals surface area contributed by atoms with Crippen LogP contribution in [0.3, 0.4) is 0 Å². The first-order valence-electron chi connectivity index (χ1n) is 14.2. The molecule has 8 heteroatoms. The van der Waals surface area contributed by atoms with E-state index in [-0.39, 0.29) is 29.2 Å². The molecule has 0 aromatic heterocycles. The molecule has 0 aliphatic carbocycles. The third-order valence-corrected chi connectivity index (χ3v) is 8.79. The molecule has 0 aliphatic rings. The summed E-state index contributed by atoms with van der Waals surface area (Å²) in [6.45, 7) is 12.1. The fourth-order valence-corrected chi connectivity index (χ4v) is 5.93. The van der Waals surface area contributed by atoms with Crippen LogP contribution in [0.25, 0.3) is 0 Å². The van der Waals surface area contributed by atoms with Crippen LogP contribution in [0.15, 0.2) is 83.8 Å². The largest absolute Gasteiger partial charge is 0.354 e. The molecule has 0 saturated carbocycles. The Morgan fingerprint density at radius 2 is 1.46 bits per heavy atom. The Hall–Kier alpha value is -3.65. The second kappa shape index (κ2) is 14.3. The summed E-state index contributed by atoms with van der Waals surface area (Å²) >= 11 is 0. The van der Waals surface area contributed by atoms with Gasteiger partial charge in [0.2, 0.25) is 11.8 Å². The van der Waals surface area contributed by atoms with Crippen LogP contribution in [0.2, 0.25) is 0 Å². The second-order valence-electron chi connectivity index (χ2n) is 11.1. The van der Waals surface area contributed by atoms with Crippen LogP contribution in [-0.2, 0) is 26.2 Å². The average Bonchev–Trinajstić information content (AvgIpc) is 2.95. The van der Waals surface area contributed by atoms with E-state index in [9.17, 15) is 18.0 Å². The average molecular weight is 578 g/mol. The second-order valence-corrected chi connectivity index (χ2v) is 13.0. The number of sulfonamides is 1. The summed E-state index contributed by atoms with van der Waals surface area (Å²) in [5.41, 5.74) is 3.23. The third-order valence-electron chi connectivity index (χ3n) is 7.00. The topological polar surface area (TPSA) is 86.8 Å². The minimum Gasteiger partial charge on any atom is -0.354 e. The first-order chi connectivity index (χ1) is 19.4. The Morgan fingerprint density at radius 3 is 2.00 bits per heavy atom. The quantitative estimate of drug-likeness (QED) is 0.274. The van der Waals surface area contributed by atoms with Gasteiger partial charge in [-0.3, -0.25) is 13.9 Å². The zero-order valence-corrected chi connectivity index (χ0v) is 25.8. The Labute approximate surface area is 245 Å². The van der Waals surface area contributed by atoms with Crippen molar-refractivity contribution in [3.8, 4) is 0 Å². The zero-order valence-electron chi connectivity index (χ0n) is 25.0. The molecule has 2 amide bonds. The van der Waals surface area contributed by atoms with E-state index in [0.717, 1.165) is 21.0 Å². The van der Waals surface area contributed by atoms with E-state index in [1.54, 1.807) is 36.4 Å². The van der Waals surface area contributed by atoms with E-state index in [2.05, 4.69) is 19.2 Å². The number of benzene rings is 3. The standard InChI is InChI=1S/C33H43N3O4S/c1-7-31(33(38)34-21-24(2)3)35(22-27-11-9-8-10-12-27)32(37)23-36(29-17-15-28(16-18-29)25(4)5)41(39,40)30-19-13-26(6)14-20-30/h8-20,24-25,31H,7,21-23H2,1-6H3,(H,34,38)/t31-/m0/s1. The lowest BCUT2D eigenvalue weighted by Gasteiger charge is -2.33. The van der Waals surface area contributed by atoms with Crippen molar-refractivity contribution >= 4 is 27.5 Å². The third kappa shape index (κ3) is 8.43. The smallest absolute Gasteiger partial charge is 0.264 e. The summed E-state index contributed by atoms with van der Waals surface area (Å²) in [5, 5.41) is 2.95. The number of hydrogen-bond donors (Lipinski definition) is 1. The van der Waals surface area contributed by atoms with E-state index < -0.39 is 28.5 Å². The predicted molar refractivity (Wildman–Crippen MR) is 165 cm³/mol. The van der Waals surface area contributed by atoms with Crippen molar-refractivity contribution in [2.45, 2.75) is 71.4 Å². The number of anilines is 1. The van der Waals surface area contributed by atoms with Gasteiger partial charge in [0.15, 0.2) is 0 Å². The molecule has 1 N–H and O–H groups in total. The monoisotopic (exact) mass is 577 g/mol. The zero-order chi connectivity index (χ0) is 30.2. The van der Waals surface area contributed by atoms with Crippen LogP contribution in [0.1, 0.15) is 63.6 Å². The van der Waals surface area contributed by atoms with Crippen LogP contribution in [-0.4, -0.2) is 44.3 Å². The van der Waals surface area contributed by atoms with Gasteiger partial charge in [0.1, 0.15) is 12.6 Å². The highest BCUT2D eigenvalue weighted by Crippen LogP contribution is 2.27. The molecule has 0 radical (unpaired) electrons. The van der Waals surface area contributed by atoms with Crippen molar-refractivity contribution in [1.82, 2.24) is 10.2 Å². The van der Waals surface area contributed by atoms with Gasteiger partial charge in [0.25, 0.3) is 10.0 Å². The Kier molecular flexibility index (Phi) is 11.1. The molecule has 0 unspecified atom stereocenters. The predicted octanol–water partition coefficient (Wildman–Crippen LogP) is 5.89. The number of nitrogens with zero attached hydrogens (tertiary/aromatic N) is 2. The first-order valence-corrected chi connectivity index (χ1v) is 15.7. The first kappa shape index (κ1) is 31.9. The highest BCUT2D eigenvalue weighted by Gasteiger charge is 2.33. The number of amides is 2. The molecule has 3 aromatic carbocycles. The van der Waals surface area contributed by atoms with Gasteiger partial charge < -0.3 is 10.2 Å². The lowest BCUT2D eigenvalue weighted by molar-refractivity contribution is -0.140. The number of carbonyl (C=O) groups is 2. The van der Waals surface area contributed by atoms with Crippen LogP contribution in [0.5, 0.6) is 0 Å². The van der Waals surface area contributed by atoms with Crippen LogP contribution >= 0.6 is 0 Å². The van der Waals surface area contributed by atoms with Gasteiger partial charge >= 0.3 is 0 Å². The summed E-state index contributed by atoms with van der Waals surface area (Å²) < 4.78 is 29.2.